The van der Waals surface area contributed by atoms with Gasteiger partial charge in [0.2, 0.25) is 0 Å². The van der Waals surface area contributed by atoms with Crippen molar-refractivity contribution < 1.29 is 19.1 Å². The van der Waals surface area contributed by atoms with E-state index in [0.717, 1.165) is 0 Å². The molecule has 0 rings (SSSR count). The van der Waals surface area contributed by atoms with Crippen LogP contribution < -0.4 is 5.32 Å². The lowest BCUT2D eigenvalue weighted by molar-refractivity contribution is -0.124. The lowest BCUT2D eigenvalue weighted by atomic mass is 10.1. The molecular weight excluding hydrogens is 222 g/mol. The van der Waals surface area contributed by atoms with E-state index in [-0.39, 0.29) is 24.4 Å². The van der Waals surface area contributed by atoms with E-state index in [1.54, 1.807) is 27.7 Å². The van der Waals surface area contributed by atoms with E-state index in [1.165, 1.54) is 6.92 Å². The van der Waals surface area contributed by atoms with E-state index in [4.69, 9.17) is 4.74 Å². The van der Waals surface area contributed by atoms with Crippen molar-refractivity contribution in [2.24, 2.45) is 0 Å². The molecule has 0 saturated carbocycles. The van der Waals surface area contributed by atoms with Gasteiger partial charge in [0.15, 0.2) is 5.78 Å². The number of amides is 1. The summed E-state index contributed by atoms with van der Waals surface area (Å²) in [6.45, 7) is 8.24. The Kier molecular flexibility index (Phi) is 5.85. The number of carbonyl (C=O) groups excluding carboxylic acids is 3. The summed E-state index contributed by atoms with van der Waals surface area (Å²) in [6, 6.07) is -0.635. The summed E-state index contributed by atoms with van der Waals surface area (Å²) in [5, 5.41) is 2.44. The molecule has 0 radical (unpaired) electrons. The van der Waals surface area contributed by atoms with Crippen molar-refractivity contribution in [2.45, 2.75) is 59.1 Å². The molecule has 0 saturated heterocycles. The molecular formula is C12H21NO4. The zero-order valence-corrected chi connectivity index (χ0v) is 11.1. The first kappa shape index (κ1) is 15.6. The number of Topliss-reactive ketones (excluding diaryl/α,β-unsaturated/α-hetero) is 2. The molecule has 5 nitrogen and oxygen atoms in total. The van der Waals surface area contributed by atoms with Crippen molar-refractivity contribution in [3.05, 3.63) is 0 Å². The Balaban J connectivity index is 4.08. The van der Waals surface area contributed by atoms with Gasteiger partial charge in [0.05, 0.1) is 6.04 Å². The summed E-state index contributed by atoms with van der Waals surface area (Å²) >= 11 is 0. The lowest BCUT2D eigenvalue weighted by Crippen LogP contribution is -2.41. The molecule has 5 heteroatoms. The maximum absolute atomic E-state index is 11.5. The molecule has 0 aliphatic heterocycles. The Hall–Kier alpha value is -1.39. The predicted octanol–water partition coefficient (Wildman–Crippen LogP) is 1.84. The largest absolute Gasteiger partial charge is 0.444 e. The van der Waals surface area contributed by atoms with Crippen LogP contribution >= 0.6 is 0 Å². The SMILES string of the molecule is CC(=O)CCC(=O)[C@H](C)NC(=O)OC(C)(C)C. The van der Waals surface area contributed by atoms with Crippen LogP contribution in [0.2, 0.25) is 0 Å². The molecule has 1 atom stereocenters. The Bertz CT molecular complexity index is 304. The van der Waals surface area contributed by atoms with Crippen LogP contribution in [-0.4, -0.2) is 29.3 Å². The van der Waals surface area contributed by atoms with Gasteiger partial charge in [-0.05, 0) is 34.6 Å². The fraction of sp³-hybridized carbons (Fsp3) is 0.750. The van der Waals surface area contributed by atoms with Crippen LogP contribution in [0.1, 0.15) is 47.5 Å². The van der Waals surface area contributed by atoms with E-state index in [0.29, 0.717) is 0 Å². The summed E-state index contributed by atoms with van der Waals surface area (Å²) in [6.07, 6.45) is -0.271. The van der Waals surface area contributed by atoms with Gasteiger partial charge in [0, 0.05) is 12.8 Å². The Labute approximate surface area is 102 Å². The number of ketones is 2. The highest BCUT2D eigenvalue weighted by Crippen LogP contribution is 2.07. The van der Waals surface area contributed by atoms with Gasteiger partial charge in [-0.25, -0.2) is 4.79 Å². The molecule has 0 unspecified atom stereocenters. The molecule has 0 aliphatic rings. The fourth-order valence-corrected chi connectivity index (χ4v) is 1.08. The molecule has 0 heterocycles. The third kappa shape index (κ3) is 8.42. The topological polar surface area (TPSA) is 72.5 Å². The van der Waals surface area contributed by atoms with Gasteiger partial charge in [-0.1, -0.05) is 0 Å². The van der Waals surface area contributed by atoms with Crippen molar-refractivity contribution >= 4 is 17.7 Å². The molecule has 0 aromatic carbocycles. The zero-order valence-electron chi connectivity index (χ0n) is 11.1. The number of carbonyl (C=O) groups is 3. The van der Waals surface area contributed by atoms with Crippen LogP contribution in [-0.2, 0) is 14.3 Å². The van der Waals surface area contributed by atoms with Gasteiger partial charge in [-0.2, -0.15) is 0 Å². The second-order valence-electron chi connectivity index (χ2n) is 5.04. The van der Waals surface area contributed by atoms with Crippen LogP contribution in [0.25, 0.3) is 0 Å². The zero-order chi connectivity index (χ0) is 13.6. The highest BCUT2D eigenvalue weighted by molar-refractivity contribution is 5.90. The Morgan fingerprint density at radius 3 is 2.12 bits per heavy atom. The summed E-state index contributed by atoms with van der Waals surface area (Å²) in [5.74, 6) is -0.214. The summed E-state index contributed by atoms with van der Waals surface area (Å²) < 4.78 is 5.01. The van der Waals surface area contributed by atoms with Crippen LogP contribution in [0.5, 0.6) is 0 Å². The second-order valence-corrected chi connectivity index (χ2v) is 5.04. The van der Waals surface area contributed by atoms with Gasteiger partial charge in [-0.3, -0.25) is 4.79 Å². The molecule has 0 bridgehead atoms. The van der Waals surface area contributed by atoms with Crippen molar-refractivity contribution in [1.29, 1.82) is 0 Å². The minimum Gasteiger partial charge on any atom is -0.444 e. The molecule has 0 fully saturated rings. The van der Waals surface area contributed by atoms with E-state index < -0.39 is 17.7 Å². The predicted molar refractivity (Wildman–Crippen MR) is 63.8 cm³/mol. The number of hydrogen-bond donors (Lipinski definition) is 1. The Morgan fingerprint density at radius 2 is 1.71 bits per heavy atom. The van der Waals surface area contributed by atoms with Crippen molar-refractivity contribution in [3.63, 3.8) is 0 Å². The lowest BCUT2D eigenvalue weighted by Gasteiger charge is -2.21. The first-order chi connectivity index (χ1) is 7.61. The molecule has 98 valence electrons. The first-order valence-corrected chi connectivity index (χ1v) is 5.63. The van der Waals surface area contributed by atoms with Gasteiger partial charge in [0.25, 0.3) is 0 Å². The third-order valence-corrected chi connectivity index (χ3v) is 1.94. The number of alkyl carbamates (subject to hydrolysis) is 1. The van der Waals surface area contributed by atoms with E-state index in [9.17, 15) is 14.4 Å². The maximum Gasteiger partial charge on any atom is 0.408 e. The minimum absolute atomic E-state index is 0.0391. The van der Waals surface area contributed by atoms with Gasteiger partial charge >= 0.3 is 6.09 Å². The number of ether oxygens (including phenoxy) is 1. The van der Waals surface area contributed by atoms with E-state index >= 15 is 0 Å². The van der Waals surface area contributed by atoms with Gasteiger partial charge < -0.3 is 14.8 Å². The van der Waals surface area contributed by atoms with Gasteiger partial charge in [0.1, 0.15) is 11.4 Å². The standard InChI is InChI=1S/C12H21NO4/c1-8(14)6-7-10(15)9(2)13-11(16)17-12(3,4)5/h9H,6-7H2,1-5H3,(H,13,16)/t9-/m0/s1. The van der Waals surface area contributed by atoms with Crippen LogP contribution in [0, 0.1) is 0 Å². The molecule has 0 aliphatic carbocycles. The van der Waals surface area contributed by atoms with E-state index in [2.05, 4.69) is 5.32 Å². The quantitative estimate of drug-likeness (QED) is 0.799. The van der Waals surface area contributed by atoms with Gasteiger partial charge in [-0.15, -0.1) is 0 Å². The average Bonchev–Trinajstić information content (AvgIpc) is 2.10. The fourth-order valence-electron chi connectivity index (χ4n) is 1.08. The maximum atomic E-state index is 11.5. The molecule has 0 spiro atoms. The molecule has 1 amide bonds. The highest BCUT2D eigenvalue weighted by Gasteiger charge is 2.20. The Morgan fingerprint density at radius 1 is 1.18 bits per heavy atom. The van der Waals surface area contributed by atoms with Crippen LogP contribution in [0.4, 0.5) is 4.79 Å². The molecule has 1 N–H and O–H groups in total. The number of nitrogens with one attached hydrogen (secondary N) is 1. The molecule has 17 heavy (non-hydrogen) atoms. The average molecular weight is 243 g/mol. The minimum atomic E-state index is -0.635. The summed E-state index contributed by atoms with van der Waals surface area (Å²) in [5.41, 5.74) is -0.591. The van der Waals surface area contributed by atoms with Crippen LogP contribution in [0.15, 0.2) is 0 Å². The van der Waals surface area contributed by atoms with Crippen molar-refractivity contribution in [3.8, 4) is 0 Å². The smallest absolute Gasteiger partial charge is 0.408 e. The normalized spacial score (nSPS) is 12.8. The van der Waals surface area contributed by atoms with E-state index in [1.807, 2.05) is 0 Å². The number of rotatable bonds is 5. The third-order valence-electron chi connectivity index (χ3n) is 1.94. The first-order valence-electron chi connectivity index (χ1n) is 5.63. The monoisotopic (exact) mass is 243 g/mol. The summed E-state index contributed by atoms with van der Waals surface area (Å²) in [7, 11) is 0. The summed E-state index contributed by atoms with van der Waals surface area (Å²) in [4.78, 5) is 33.6. The second kappa shape index (κ2) is 6.37. The molecule has 0 aromatic rings. The highest BCUT2D eigenvalue weighted by atomic mass is 16.6. The van der Waals surface area contributed by atoms with Crippen LogP contribution in [0.3, 0.4) is 0 Å². The van der Waals surface area contributed by atoms with Crippen molar-refractivity contribution in [2.75, 3.05) is 0 Å². The number of hydrogen-bond acceptors (Lipinski definition) is 4. The van der Waals surface area contributed by atoms with Crippen molar-refractivity contribution in [1.82, 2.24) is 5.32 Å². The molecule has 0 aromatic heterocycles.